The number of carbonyl (C=O) groups excluding carboxylic acids is 1. The molecule has 29 heavy (non-hydrogen) atoms. The van der Waals surface area contributed by atoms with Crippen LogP contribution < -0.4 is 24.8 Å². The van der Waals surface area contributed by atoms with Gasteiger partial charge < -0.3 is 24.6 Å². The van der Waals surface area contributed by atoms with Crippen molar-refractivity contribution in [2.24, 2.45) is 0 Å². The number of hydrogen-bond acceptors (Lipinski definition) is 6. The Morgan fingerprint density at radius 3 is 2.07 bits per heavy atom. The van der Waals surface area contributed by atoms with Crippen LogP contribution in [-0.4, -0.2) is 37.5 Å². The third kappa shape index (κ3) is 5.29. The van der Waals surface area contributed by atoms with Gasteiger partial charge in [-0.15, -0.1) is 0 Å². The first-order valence-corrected chi connectivity index (χ1v) is 9.27. The molecule has 2 rings (SSSR count). The second-order valence-corrected chi connectivity index (χ2v) is 7.71. The van der Waals surface area contributed by atoms with Crippen LogP contribution in [0.1, 0.15) is 36.7 Å². The number of rotatable bonds is 5. The zero-order valence-electron chi connectivity index (χ0n) is 17.4. The van der Waals surface area contributed by atoms with E-state index >= 15 is 0 Å². The quantitative estimate of drug-likeness (QED) is 0.502. The van der Waals surface area contributed by atoms with Crippen LogP contribution in [0.15, 0.2) is 30.3 Å². The lowest BCUT2D eigenvalue weighted by atomic mass is 9.87. The number of phenols is 1. The fourth-order valence-electron chi connectivity index (χ4n) is 2.64. The van der Waals surface area contributed by atoms with Crippen LogP contribution in [0.2, 0.25) is 0 Å². The minimum atomic E-state index is -0.465. The largest absolute Gasteiger partial charge is 0.506 e. The van der Waals surface area contributed by atoms with E-state index in [-0.39, 0.29) is 21.8 Å². The summed E-state index contributed by atoms with van der Waals surface area (Å²) >= 11 is 5.24. The van der Waals surface area contributed by atoms with Gasteiger partial charge >= 0.3 is 0 Å². The van der Waals surface area contributed by atoms with E-state index in [1.807, 2.05) is 6.07 Å². The SMILES string of the molecule is COc1cc(C(=O)NC(=S)Nc2cc(C(C)(C)C)ccc2O)cc(OC)c1OC. The van der Waals surface area contributed by atoms with Crippen LogP contribution in [0.4, 0.5) is 5.69 Å². The summed E-state index contributed by atoms with van der Waals surface area (Å²) in [6.07, 6.45) is 0. The Labute approximate surface area is 176 Å². The molecule has 2 aromatic rings. The summed E-state index contributed by atoms with van der Waals surface area (Å²) < 4.78 is 15.8. The molecule has 0 bridgehead atoms. The molecular formula is C21H26N2O5S. The Morgan fingerprint density at radius 1 is 1.00 bits per heavy atom. The molecule has 3 N–H and O–H groups in total. The van der Waals surface area contributed by atoms with Crippen LogP contribution in [-0.2, 0) is 5.41 Å². The number of benzene rings is 2. The summed E-state index contributed by atoms with van der Waals surface area (Å²) in [6, 6.07) is 8.28. The number of amides is 1. The molecule has 0 atom stereocenters. The molecule has 0 saturated carbocycles. The van der Waals surface area contributed by atoms with Gasteiger partial charge in [0.25, 0.3) is 5.91 Å². The Hall–Kier alpha value is -3.00. The summed E-state index contributed by atoms with van der Waals surface area (Å²) in [6.45, 7) is 6.19. The first-order valence-electron chi connectivity index (χ1n) is 8.86. The van der Waals surface area contributed by atoms with Crippen molar-refractivity contribution in [2.75, 3.05) is 26.6 Å². The smallest absolute Gasteiger partial charge is 0.257 e. The van der Waals surface area contributed by atoms with Gasteiger partial charge in [0.05, 0.1) is 27.0 Å². The van der Waals surface area contributed by atoms with E-state index in [1.165, 1.54) is 33.5 Å². The van der Waals surface area contributed by atoms with Crippen molar-refractivity contribution >= 4 is 28.9 Å². The number of hydrogen-bond donors (Lipinski definition) is 3. The highest BCUT2D eigenvalue weighted by Gasteiger charge is 2.19. The van der Waals surface area contributed by atoms with Gasteiger partial charge in [0, 0.05) is 5.56 Å². The topological polar surface area (TPSA) is 89.1 Å². The molecule has 0 aromatic heterocycles. The fraction of sp³-hybridized carbons (Fsp3) is 0.333. The summed E-state index contributed by atoms with van der Waals surface area (Å²) in [7, 11) is 4.42. The Bertz CT molecular complexity index is 897. The van der Waals surface area contributed by atoms with Gasteiger partial charge in [0.1, 0.15) is 5.75 Å². The first kappa shape index (κ1) is 22.3. The maximum absolute atomic E-state index is 12.6. The lowest BCUT2D eigenvalue weighted by molar-refractivity contribution is 0.0977. The second-order valence-electron chi connectivity index (χ2n) is 7.30. The highest BCUT2D eigenvalue weighted by atomic mass is 32.1. The highest BCUT2D eigenvalue weighted by Crippen LogP contribution is 2.38. The van der Waals surface area contributed by atoms with Gasteiger partial charge in [0.15, 0.2) is 16.6 Å². The number of methoxy groups -OCH3 is 3. The molecule has 7 nitrogen and oxygen atoms in total. The molecule has 156 valence electrons. The van der Waals surface area contributed by atoms with Gasteiger partial charge in [-0.05, 0) is 47.5 Å². The molecule has 0 aliphatic heterocycles. The minimum Gasteiger partial charge on any atom is -0.506 e. The first-order chi connectivity index (χ1) is 13.6. The minimum absolute atomic E-state index is 0.0300. The predicted octanol–water partition coefficient (Wildman–Crippen LogP) is 3.84. The van der Waals surface area contributed by atoms with Crippen LogP contribution in [0.25, 0.3) is 0 Å². The molecule has 0 unspecified atom stereocenters. The molecule has 0 aliphatic rings. The Morgan fingerprint density at radius 2 is 1.59 bits per heavy atom. The van der Waals surface area contributed by atoms with Crippen molar-refractivity contribution in [3.63, 3.8) is 0 Å². The lowest BCUT2D eigenvalue weighted by Gasteiger charge is -2.21. The standard InChI is InChI=1S/C21H26N2O5S/c1-21(2,3)13-7-8-15(24)14(11-13)22-20(29)23-19(25)12-9-16(26-4)18(28-6)17(10-12)27-5/h7-11,24H,1-6H3,(H2,22,23,25,29). The molecule has 0 aliphatic carbocycles. The monoisotopic (exact) mass is 418 g/mol. The van der Waals surface area contributed by atoms with Crippen LogP contribution in [0, 0.1) is 0 Å². The third-order valence-corrected chi connectivity index (χ3v) is 4.47. The number of thiocarbonyl (C=S) groups is 1. The number of anilines is 1. The normalized spacial score (nSPS) is 10.8. The molecule has 0 heterocycles. The average molecular weight is 419 g/mol. The number of carbonyl (C=O) groups is 1. The summed E-state index contributed by atoms with van der Waals surface area (Å²) in [5, 5.41) is 15.6. The third-order valence-electron chi connectivity index (χ3n) is 4.26. The lowest BCUT2D eigenvalue weighted by Crippen LogP contribution is -2.34. The highest BCUT2D eigenvalue weighted by molar-refractivity contribution is 7.80. The van der Waals surface area contributed by atoms with Crippen LogP contribution in [0.5, 0.6) is 23.0 Å². The molecule has 0 radical (unpaired) electrons. The van der Waals surface area contributed by atoms with Crippen molar-refractivity contribution in [2.45, 2.75) is 26.2 Å². The second kappa shape index (κ2) is 9.00. The molecular weight excluding hydrogens is 392 g/mol. The average Bonchev–Trinajstić information content (AvgIpc) is 2.67. The predicted molar refractivity (Wildman–Crippen MR) is 117 cm³/mol. The van der Waals surface area contributed by atoms with Crippen molar-refractivity contribution in [1.82, 2.24) is 5.32 Å². The van der Waals surface area contributed by atoms with E-state index in [0.717, 1.165) is 5.56 Å². The summed E-state index contributed by atoms with van der Waals surface area (Å²) in [5.41, 5.74) is 1.59. The van der Waals surface area contributed by atoms with Crippen molar-refractivity contribution < 1.29 is 24.1 Å². The number of aromatic hydroxyl groups is 1. The maximum atomic E-state index is 12.6. The van der Waals surface area contributed by atoms with Crippen molar-refractivity contribution in [1.29, 1.82) is 0 Å². The Kier molecular flexibility index (Phi) is 6.92. The summed E-state index contributed by atoms with van der Waals surface area (Å²) in [4.78, 5) is 12.6. The maximum Gasteiger partial charge on any atom is 0.257 e. The van der Waals surface area contributed by atoms with Crippen molar-refractivity contribution in [3.05, 3.63) is 41.5 Å². The molecule has 8 heteroatoms. The van der Waals surface area contributed by atoms with Gasteiger partial charge in [0.2, 0.25) is 5.75 Å². The van der Waals surface area contributed by atoms with Crippen LogP contribution in [0.3, 0.4) is 0 Å². The fourth-order valence-corrected chi connectivity index (χ4v) is 2.85. The van der Waals surface area contributed by atoms with Gasteiger partial charge in [-0.25, -0.2) is 0 Å². The van der Waals surface area contributed by atoms with E-state index in [0.29, 0.717) is 22.9 Å². The molecule has 0 saturated heterocycles. The van der Waals surface area contributed by atoms with E-state index in [1.54, 1.807) is 12.1 Å². The molecule has 1 amide bonds. The zero-order valence-corrected chi connectivity index (χ0v) is 18.2. The van der Waals surface area contributed by atoms with E-state index in [2.05, 4.69) is 31.4 Å². The van der Waals surface area contributed by atoms with Gasteiger partial charge in [-0.1, -0.05) is 26.8 Å². The zero-order chi connectivity index (χ0) is 21.8. The van der Waals surface area contributed by atoms with Crippen LogP contribution >= 0.6 is 12.2 Å². The molecule has 0 spiro atoms. The number of phenolic OH excluding ortho intramolecular Hbond substituents is 1. The summed E-state index contributed by atoms with van der Waals surface area (Å²) in [5.74, 6) is 0.657. The molecule has 0 fully saturated rings. The number of ether oxygens (including phenoxy) is 3. The van der Waals surface area contributed by atoms with E-state index < -0.39 is 5.91 Å². The van der Waals surface area contributed by atoms with Crippen molar-refractivity contribution in [3.8, 4) is 23.0 Å². The van der Waals surface area contributed by atoms with E-state index in [9.17, 15) is 9.90 Å². The molecule has 2 aromatic carbocycles. The van der Waals surface area contributed by atoms with Gasteiger partial charge in [-0.2, -0.15) is 0 Å². The Balaban J connectivity index is 2.21. The van der Waals surface area contributed by atoms with E-state index in [4.69, 9.17) is 26.4 Å². The van der Waals surface area contributed by atoms with Gasteiger partial charge in [-0.3, -0.25) is 10.1 Å². The number of nitrogens with one attached hydrogen (secondary N) is 2.